The van der Waals surface area contributed by atoms with Crippen molar-refractivity contribution >= 4 is 17.5 Å². The maximum atomic E-state index is 12.9. The highest BCUT2D eigenvalue weighted by Gasteiger charge is 2.13. The normalized spacial score (nSPS) is 10.3. The molecule has 28 heavy (non-hydrogen) atoms. The van der Waals surface area contributed by atoms with Gasteiger partial charge in [-0.05, 0) is 41.8 Å². The molecule has 142 valence electrons. The van der Waals surface area contributed by atoms with Gasteiger partial charge in [-0.1, -0.05) is 54.6 Å². The van der Waals surface area contributed by atoms with Crippen LogP contribution in [0.4, 0.5) is 10.1 Å². The van der Waals surface area contributed by atoms with Gasteiger partial charge in [0.2, 0.25) is 5.91 Å². The average Bonchev–Trinajstić information content (AvgIpc) is 2.73. The van der Waals surface area contributed by atoms with E-state index in [1.165, 1.54) is 12.1 Å². The highest BCUT2D eigenvalue weighted by atomic mass is 19.1. The van der Waals surface area contributed by atoms with E-state index in [1.54, 1.807) is 36.4 Å². The van der Waals surface area contributed by atoms with Crippen LogP contribution >= 0.6 is 0 Å². The molecule has 5 heteroatoms. The first kappa shape index (κ1) is 19.3. The Morgan fingerprint density at radius 2 is 1.46 bits per heavy atom. The van der Waals surface area contributed by atoms with Gasteiger partial charge in [0, 0.05) is 13.0 Å². The van der Waals surface area contributed by atoms with Crippen molar-refractivity contribution in [3.8, 4) is 0 Å². The Hall–Kier alpha value is -3.47. The second kappa shape index (κ2) is 9.46. The summed E-state index contributed by atoms with van der Waals surface area (Å²) in [4.78, 5) is 24.8. The highest BCUT2D eigenvalue weighted by Crippen LogP contribution is 2.16. The lowest BCUT2D eigenvalue weighted by molar-refractivity contribution is -0.116. The Labute approximate surface area is 163 Å². The van der Waals surface area contributed by atoms with Crippen molar-refractivity contribution in [3.63, 3.8) is 0 Å². The van der Waals surface area contributed by atoms with Crippen LogP contribution in [0.1, 0.15) is 27.9 Å². The first-order valence-electron chi connectivity index (χ1n) is 9.07. The lowest BCUT2D eigenvalue weighted by Crippen LogP contribution is -2.24. The molecule has 0 unspecified atom stereocenters. The number of hydrogen-bond acceptors (Lipinski definition) is 2. The van der Waals surface area contributed by atoms with Crippen molar-refractivity contribution in [2.75, 3.05) is 5.32 Å². The van der Waals surface area contributed by atoms with Crippen LogP contribution in [-0.4, -0.2) is 11.8 Å². The molecule has 0 bridgehead atoms. The van der Waals surface area contributed by atoms with E-state index in [4.69, 9.17) is 0 Å². The monoisotopic (exact) mass is 376 g/mol. The van der Waals surface area contributed by atoms with Crippen LogP contribution in [-0.2, 0) is 17.8 Å². The van der Waals surface area contributed by atoms with Crippen LogP contribution in [0.25, 0.3) is 0 Å². The third kappa shape index (κ3) is 5.51. The number of aryl methyl sites for hydroxylation is 1. The summed E-state index contributed by atoms with van der Waals surface area (Å²) in [6.07, 6.45) is 0.736. The number of rotatable bonds is 7. The van der Waals surface area contributed by atoms with Crippen LogP contribution in [0.5, 0.6) is 0 Å². The van der Waals surface area contributed by atoms with Crippen LogP contribution in [0.2, 0.25) is 0 Å². The standard InChI is InChI=1S/C23H21FN2O2/c24-19-13-10-17(11-14-19)12-15-22(27)26-21-9-5-4-8-20(21)23(28)25-16-18-6-2-1-3-7-18/h1-11,13-14H,12,15-16H2,(H,25,28)(H,26,27). The van der Waals surface area contributed by atoms with Crippen molar-refractivity contribution in [1.29, 1.82) is 0 Å². The minimum Gasteiger partial charge on any atom is -0.348 e. The Morgan fingerprint density at radius 1 is 0.786 bits per heavy atom. The molecule has 0 saturated carbocycles. The van der Waals surface area contributed by atoms with E-state index in [0.717, 1.165) is 11.1 Å². The fourth-order valence-electron chi connectivity index (χ4n) is 2.79. The SMILES string of the molecule is O=C(CCc1ccc(F)cc1)Nc1ccccc1C(=O)NCc1ccccc1. The second-order valence-electron chi connectivity index (χ2n) is 6.39. The van der Waals surface area contributed by atoms with Crippen LogP contribution in [0.3, 0.4) is 0 Å². The minimum absolute atomic E-state index is 0.201. The number of nitrogens with one attached hydrogen (secondary N) is 2. The van der Waals surface area contributed by atoms with Crippen molar-refractivity contribution < 1.29 is 14.0 Å². The topological polar surface area (TPSA) is 58.2 Å². The zero-order chi connectivity index (χ0) is 19.8. The summed E-state index contributed by atoms with van der Waals surface area (Å²) in [7, 11) is 0. The number of carbonyl (C=O) groups is 2. The van der Waals surface area contributed by atoms with E-state index in [-0.39, 0.29) is 24.1 Å². The summed E-state index contributed by atoms with van der Waals surface area (Å²) in [6, 6.07) is 22.6. The van der Waals surface area contributed by atoms with Gasteiger partial charge >= 0.3 is 0 Å². The van der Waals surface area contributed by atoms with E-state index in [9.17, 15) is 14.0 Å². The Morgan fingerprint density at radius 3 is 2.21 bits per heavy atom. The molecule has 0 aliphatic rings. The number of para-hydroxylation sites is 1. The fourth-order valence-corrected chi connectivity index (χ4v) is 2.79. The molecule has 0 heterocycles. The molecule has 0 aliphatic carbocycles. The van der Waals surface area contributed by atoms with Crippen molar-refractivity contribution in [1.82, 2.24) is 5.32 Å². The fraction of sp³-hybridized carbons (Fsp3) is 0.130. The number of carbonyl (C=O) groups excluding carboxylic acids is 2. The summed E-state index contributed by atoms with van der Waals surface area (Å²) in [5, 5.41) is 5.66. The summed E-state index contributed by atoms with van der Waals surface area (Å²) >= 11 is 0. The van der Waals surface area contributed by atoms with Gasteiger partial charge in [0.1, 0.15) is 5.82 Å². The zero-order valence-corrected chi connectivity index (χ0v) is 15.3. The molecular formula is C23H21FN2O2. The molecule has 2 N–H and O–H groups in total. The molecule has 0 spiro atoms. The van der Waals surface area contributed by atoms with Gasteiger partial charge in [-0.2, -0.15) is 0 Å². The van der Waals surface area contributed by atoms with Crippen LogP contribution in [0.15, 0.2) is 78.9 Å². The molecule has 0 radical (unpaired) electrons. The van der Waals surface area contributed by atoms with E-state index in [2.05, 4.69) is 10.6 Å². The number of anilines is 1. The van der Waals surface area contributed by atoms with E-state index in [1.807, 2.05) is 30.3 Å². The van der Waals surface area contributed by atoms with Gasteiger partial charge in [-0.15, -0.1) is 0 Å². The maximum Gasteiger partial charge on any atom is 0.253 e. The lowest BCUT2D eigenvalue weighted by Gasteiger charge is -2.11. The quantitative estimate of drug-likeness (QED) is 0.645. The zero-order valence-electron chi connectivity index (χ0n) is 15.3. The second-order valence-corrected chi connectivity index (χ2v) is 6.39. The van der Waals surface area contributed by atoms with E-state index >= 15 is 0 Å². The molecule has 0 aromatic heterocycles. The third-order valence-electron chi connectivity index (χ3n) is 4.30. The predicted octanol–water partition coefficient (Wildman–Crippen LogP) is 4.33. The number of benzene rings is 3. The minimum atomic E-state index is -0.302. The maximum absolute atomic E-state index is 12.9. The predicted molar refractivity (Wildman–Crippen MR) is 107 cm³/mol. The molecule has 0 saturated heterocycles. The first-order valence-corrected chi connectivity index (χ1v) is 9.07. The largest absolute Gasteiger partial charge is 0.348 e. The molecule has 3 aromatic carbocycles. The van der Waals surface area contributed by atoms with Crippen molar-refractivity contribution in [3.05, 3.63) is 101 Å². The molecule has 3 rings (SSSR count). The molecular weight excluding hydrogens is 355 g/mol. The van der Waals surface area contributed by atoms with Gasteiger partial charge in [0.15, 0.2) is 0 Å². The Kier molecular flexibility index (Phi) is 6.52. The third-order valence-corrected chi connectivity index (χ3v) is 4.30. The number of halogens is 1. The van der Waals surface area contributed by atoms with Gasteiger partial charge in [0.05, 0.1) is 11.3 Å². The average molecular weight is 376 g/mol. The van der Waals surface area contributed by atoms with Gasteiger partial charge in [-0.3, -0.25) is 9.59 Å². The molecule has 0 aliphatic heterocycles. The summed E-state index contributed by atoms with van der Waals surface area (Å²) < 4.78 is 12.9. The van der Waals surface area contributed by atoms with Crippen molar-refractivity contribution in [2.45, 2.75) is 19.4 Å². The number of hydrogen-bond donors (Lipinski definition) is 2. The molecule has 3 aromatic rings. The van der Waals surface area contributed by atoms with Crippen LogP contribution < -0.4 is 10.6 Å². The summed E-state index contributed by atoms with van der Waals surface area (Å²) in [5.41, 5.74) is 2.76. The number of amides is 2. The van der Waals surface area contributed by atoms with Crippen LogP contribution in [0, 0.1) is 5.82 Å². The summed E-state index contributed by atoms with van der Waals surface area (Å²) in [6.45, 7) is 0.409. The van der Waals surface area contributed by atoms with E-state index < -0.39 is 0 Å². The smallest absolute Gasteiger partial charge is 0.253 e. The van der Waals surface area contributed by atoms with E-state index in [0.29, 0.717) is 24.2 Å². The molecule has 2 amide bonds. The van der Waals surface area contributed by atoms with Gasteiger partial charge in [-0.25, -0.2) is 4.39 Å². The summed E-state index contributed by atoms with van der Waals surface area (Å²) in [5.74, 6) is -0.755. The highest BCUT2D eigenvalue weighted by molar-refractivity contribution is 6.03. The van der Waals surface area contributed by atoms with Gasteiger partial charge in [0.25, 0.3) is 5.91 Å². The lowest BCUT2D eigenvalue weighted by atomic mass is 10.1. The Bertz CT molecular complexity index is 940. The van der Waals surface area contributed by atoms with Crippen molar-refractivity contribution in [2.24, 2.45) is 0 Å². The first-order chi connectivity index (χ1) is 13.6. The Balaban J connectivity index is 1.58. The molecule has 0 atom stereocenters. The van der Waals surface area contributed by atoms with Gasteiger partial charge < -0.3 is 10.6 Å². The molecule has 4 nitrogen and oxygen atoms in total. The molecule has 0 fully saturated rings.